The van der Waals surface area contributed by atoms with Gasteiger partial charge in [0.05, 0.1) is 5.52 Å². The molecule has 8 nitrogen and oxygen atoms in total. The van der Waals surface area contributed by atoms with Gasteiger partial charge in [-0.25, -0.2) is 4.98 Å². The normalized spacial score (nSPS) is 14.0. The first kappa shape index (κ1) is 20.8. The van der Waals surface area contributed by atoms with Gasteiger partial charge in [0.15, 0.2) is 0 Å². The van der Waals surface area contributed by atoms with Gasteiger partial charge in [-0.1, -0.05) is 25.0 Å². The van der Waals surface area contributed by atoms with Crippen LogP contribution in [0.3, 0.4) is 0 Å². The second-order valence-electron chi connectivity index (χ2n) is 8.01. The molecule has 0 saturated heterocycles. The molecule has 4 N–H and O–H groups in total. The van der Waals surface area contributed by atoms with E-state index in [0.29, 0.717) is 35.8 Å². The quantitative estimate of drug-likeness (QED) is 0.415. The SMILES string of the molecule is Cc1cccc(Nc2nc(NCCCNC(=O)C3CCCC3)nc3cc[nH]c(=O)c23)c1. The Bertz CT molecular complexity index is 1120. The number of aromatic nitrogens is 3. The van der Waals surface area contributed by atoms with Gasteiger partial charge in [0.2, 0.25) is 11.9 Å². The number of H-pyrrole nitrogens is 1. The van der Waals surface area contributed by atoms with Gasteiger partial charge in [0.1, 0.15) is 11.2 Å². The van der Waals surface area contributed by atoms with E-state index < -0.39 is 0 Å². The van der Waals surface area contributed by atoms with Crippen molar-refractivity contribution in [2.75, 3.05) is 23.7 Å². The summed E-state index contributed by atoms with van der Waals surface area (Å²) in [6, 6.07) is 9.63. The Morgan fingerprint density at radius 2 is 2.00 bits per heavy atom. The van der Waals surface area contributed by atoms with Crippen LogP contribution in [0, 0.1) is 12.8 Å². The topological polar surface area (TPSA) is 112 Å². The van der Waals surface area contributed by atoms with E-state index in [1.165, 1.54) is 0 Å². The largest absolute Gasteiger partial charge is 0.356 e. The number of aromatic amines is 1. The summed E-state index contributed by atoms with van der Waals surface area (Å²) in [5.41, 5.74) is 2.28. The highest BCUT2D eigenvalue weighted by Gasteiger charge is 2.21. The van der Waals surface area contributed by atoms with Crippen molar-refractivity contribution in [1.29, 1.82) is 0 Å². The molecule has 8 heteroatoms. The molecule has 162 valence electrons. The average molecular weight is 421 g/mol. The number of carbonyl (C=O) groups excluding carboxylic acids is 1. The molecular formula is C23H28N6O2. The molecule has 3 aromatic rings. The number of benzene rings is 1. The highest BCUT2D eigenvalue weighted by atomic mass is 16.2. The molecule has 1 aliphatic carbocycles. The number of fused-ring (bicyclic) bond motifs is 1. The Morgan fingerprint density at radius 3 is 2.81 bits per heavy atom. The predicted molar refractivity (Wildman–Crippen MR) is 123 cm³/mol. The van der Waals surface area contributed by atoms with Crippen molar-refractivity contribution < 1.29 is 4.79 Å². The van der Waals surface area contributed by atoms with Gasteiger partial charge in [0, 0.05) is 30.9 Å². The van der Waals surface area contributed by atoms with E-state index in [-0.39, 0.29) is 17.4 Å². The van der Waals surface area contributed by atoms with Crippen molar-refractivity contribution >= 4 is 34.3 Å². The third kappa shape index (κ3) is 5.20. The Labute approximate surface area is 180 Å². The Hall–Kier alpha value is -3.42. The Morgan fingerprint density at radius 1 is 1.16 bits per heavy atom. The lowest BCUT2D eigenvalue weighted by Crippen LogP contribution is -2.30. The van der Waals surface area contributed by atoms with Crippen LogP contribution in [0.4, 0.5) is 17.5 Å². The first-order valence-electron chi connectivity index (χ1n) is 10.8. The molecular weight excluding hydrogens is 392 g/mol. The molecule has 31 heavy (non-hydrogen) atoms. The lowest BCUT2D eigenvalue weighted by Gasteiger charge is -2.12. The van der Waals surface area contributed by atoms with E-state index in [0.717, 1.165) is 43.4 Å². The molecule has 0 bridgehead atoms. The minimum Gasteiger partial charge on any atom is -0.356 e. The lowest BCUT2D eigenvalue weighted by atomic mass is 10.1. The number of amides is 1. The van der Waals surface area contributed by atoms with Gasteiger partial charge in [-0.05, 0) is 49.9 Å². The minimum atomic E-state index is -0.242. The number of nitrogens with zero attached hydrogens (tertiary/aromatic N) is 2. The second kappa shape index (κ2) is 9.59. The van der Waals surface area contributed by atoms with Crippen LogP contribution in [0.1, 0.15) is 37.7 Å². The molecule has 1 saturated carbocycles. The third-order valence-corrected chi connectivity index (χ3v) is 5.56. The van der Waals surface area contributed by atoms with Crippen molar-refractivity contribution in [3.05, 3.63) is 52.4 Å². The van der Waals surface area contributed by atoms with Gasteiger partial charge in [-0.3, -0.25) is 9.59 Å². The highest BCUT2D eigenvalue weighted by Crippen LogP contribution is 2.25. The van der Waals surface area contributed by atoms with E-state index in [1.54, 1.807) is 12.3 Å². The van der Waals surface area contributed by atoms with Gasteiger partial charge in [-0.2, -0.15) is 4.98 Å². The maximum absolute atomic E-state index is 12.4. The lowest BCUT2D eigenvalue weighted by molar-refractivity contribution is -0.124. The molecule has 1 amide bonds. The number of rotatable bonds is 8. The zero-order chi connectivity index (χ0) is 21.6. The maximum Gasteiger partial charge on any atom is 0.261 e. The summed E-state index contributed by atoms with van der Waals surface area (Å²) in [5, 5.41) is 9.89. The van der Waals surface area contributed by atoms with E-state index in [4.69, 9.17) is 0 Å². The molecule has 2 heterocycles. The molecule has 1 aliphatic rings. The fourth-order valence-electron chi connectivity index (χ4n) is 3.95. The first-order valence-corrected chi connectivity index (χ1v) is 10.8. The number of aryl methyl sites for hydroxylation is 1. The second-order valence-corrected chi connectivity index (χ2v) is 8.01. The van der Waals surface area contributed by atoms with Crippen molar-refractivity contribution in [3.63, 3.8) is 0 Å². The van der Waals surface area contributed by atoms with E-state index in [9.17, 15) is 9.59 Å². The summed E-state index contributed by atoms with van der Waals surface area (Å²) < 4.78 is 0. The molecule has 0 aliphatic heterocycles. The zero-order valence-electron chi connectivity index (χ0n) is 17.7. The Balaban J connectivity index is 1.43. The molecule has 1 aromatic carbocycles. The standard InChI is InChI=1S/C23H28N6O2/c1-15-6-4-9-17(14-15)27-20-19-18(10-13-25-22(19)31)28-23(29-20)26-12-5-11-24-21(30)16-7-2-3-8-16/h4,6,9-10,13-14,16H,2-3,5,7-8,11-12H2,1H3,(H,24,30)(H,25,31)(H2,26,27,28,29). The fraction of sp³-hybridized carbons (Fsp3) is 0.391. The van der Waals surface area contributed by atoms with E-state index >= 15 is 0 Å². The average Bonchev–Trinajstić information content (AvgIpc) is 3.28. The van der Waals surface area contributed by atoms with Gasteiger partial charge in [-0.15, -0.1) is 0 Å². The minimum absolute atomic E-state index is 0.170. The number of carbonyl (C=O) groups is 1. The maximum atomic E-state index is 12.4. The fourth-order valence-corrected chi connectivity index (χ4v) is 3.95. The van der Waals surface area contributed by atoms with Crippen LogP contribution in [0.15, 0.2) is 41.3 Å². The number of anilines is 3. The van der Waals surface area contributed by atoms with Crippen molar-refractivity contribution in [1.82, 2.24) is 20.3 Å². The summed E-state index contributed by atoms with van der Waals surface area (Å²) in [6.07, 6.45) is 6.66. The molecule has 0 unspecified atom stereocenters. The zero-order valence-corrected chi connectivity index (χ0v) is 17.7. The number of pyridine rings is 1. The summed E-state index contributed by atoms with van der Waals surface area (Å²) in [4.78, 5) is 36.2. The summed E-state index contributed by atoms with van der Waals surface area (Å²) in [5.74, 6) is 1.25. The third-order valence-electron chi connectivity index (χ3n) is 5.56. The van der Waals surface area contributed by atoms with Crippen molar-refractivity contribution in [3.8, 4) is 0 Å². The predicted octanol–water partition coefficient (Wildman–Crippen LogP) is 3.48. The van der Waals surface area contributed by atoms with Gasteiger partial charge >= 0.3 is 0 Å². The number of hydrogen-bond donors (Lipinski definition) is 4. The highest BCUT2D eigenvalue weighted by molar-refractivity contribution is 5.90. The molecule has 1 fully saturated rings. The van der Waals surface area contributed by atoms with Gasteiger partial charge < -0.3 is 20.9 Å². The van der Waals surface area contributed by atoms with Crippen LogP contribution in [-0.4, -0.2) is 33.9 Å². The van der Waals surface area contributed by atoms with E-state index in [2.05, 4.69) is 30.9 Å². The van der Waals surface area contributed by atoms with Crippen LogP contribution >= 0.6 is 0 Å². The monoisotopic (exact) mass is 420 g/mol. The smallest absolute Gasteiger partial charge is 0.261 e. The van der Waals surface area contributed by atoms with Crippen LogP contribution in [0.2, 0.25) is 0 Å². The summed E-state index contributed by atoms with van der Waals surface area (Å²) in [6.45, 7) is 3.24. The molecule has 0 spiro atoms. The summed E-state index contributed by atoms with van der Waals surface area (Å²) >= 11 is 0. The molecule has 2 aromatic heterocycles. The van der Waals surface area contributed by atoms with Crippen LogP contribution in [0.25, 0.3) is 10.9 Å². The first-order chi connectivity index (χ1) is 15.1. The molecule has 0 atom stereocenters. The van der Waals surface area contributed by atoms with E-state index in [1.807, 2.05) is 31.2 Å². The number of hydrogen-bond acceptors (Lipinski definition) is 6. The molecule has 4 rings (SSSR count). The van der Waals surface area contributed by atoms with Gasteiger partial charge in [0.25, 0.3) is 5.56 Å². The van der Waals surface area contributed by atoms with Crippen molar-refractivity contribution in [2.24, 2.45) is 5.92 Å². The van der Waals surface area contributed by atoms with Crippen LogP contribution < -0.4 is 21.5 Å². The van der Waals surface area contributed by atoms with Crippen molar-refractivity contribution in [2.45, 2.75) is 39.0 Å². The van der Waals surface area contributed by atoms with Crippen LogP contribution in [-0.2, 0) is 4.79 Å². The summed E-state index contributed by atoms with van der Waals surface area (Å²) in [7, 11) is 0. The molecule has 0 radical (unpaired) electrons. The van der Waals surface area contributed by atoms with Crippen LogP contribution in [0.5, 0.6) is 0 Å². The Kier molecular flexibility index (Phi) is 6.45. The number of nitrogens with one attached hydrogen (secondary N) is 4.